The first kappa shape index (κ1) is 30.8. The van der Waals surface area contributed by atoms with Crippen molar-refractivity contribution in [2.75, 3.05) is 4.90 Å². The molecule has 0 atom stereocenters. The van der Waals surface area contributed by atoms with Gasteiger partial charge in [-0.2, -0.15) is 0 Å². The predicted molar refractivity (Wildman–Crippen MR) is 222 cm³/mol. The normalized spacial score (nSPS) is 11.5. The first-order chi connectivity index (χ1) is 26.2. The topological polar surface area (TPSA) is 29.3 Å². The monoisotopic (exact) mass is 678 g/mol. The highest BCUT2D eigenvalue weighted by molar-refractivity contribution is 6.22. The van der Waals surface area contributed by atoms with E-state index in [0.717, 1.165) is 49.9 Å². The van der Waals surface area contributed by atoms with E-state index in [-0.39, 0.29) is 0 Å². The van der Waals surface area contributed by atoms with Gasteiger partial charge < -0.3 is 9.32 Å². The van der Waals surface area contributed by atoms with Gasteiger partial charge in [0, 0.05) is 28.0 Å². The molecule has 0 aliphatic heterocycles. The number of hydrogen-bond acceptors (Lipinski definition) is 3. The number of aromatic nitrogens is 1. The zero-order chi connectivity index (χ0) is 35.3. The minimum atomic E-state index is 0.622. The molecule has 0 aliphatic carbocycles. The van der Waals surface area contributed by atoms with E-state index in [1.165, 1.54) is 44.0 Å². The van der Waals surface area contributed by atoms with E-state index < -0.39 is 0 Å². The van der Waals surface area contributed by atoms with Crippen molar-refractivity contribution in [2.45, 2.75) is 6.92 Å². The number of nitrogens with zero attached hydrogens (tertiary/aromatic N) is 2. The molecule has 0 spiro atoms. The Kier molecular flexibility index (Phi) is 7.36. The van der Waals surface area contributed by atoms with Crippen molar-refractivity contribution in [1.82, 2.24) is 4.98 Å². The maximum Gasteiger partial charge on any atom is 0.227 e. The van der Waals surface area contributed by atoms with Gasteiger partial charge in [-0.1, -0.05) is 133 Å². The number of aryl methyl sites for hydroxylation is 1. The summed E-state index contributed by atoms with van der Waals surface area (Å²) in [6.45, 7) is 2.13. The molecular weight excluding hydrogens is 645 g/mol. The molecule has 0 fully saturated rings. The van der Waals surface area contributed by atoms with Gasteiger partial charge in [0.15, 0.2) is 5.58 Å². The van der Waals surface area contributed by atoms with E-state index >= 15 is 0 Å². The van der Waals surface area contributed by atoms with Gasteiger partial charge in [-0.3, -0.25) is 0 Å². The van der Waals surface area contributed by atoms with Crippen LogP contribution in [-0.4, -0.2) is 4.98 Å². The van der Waals surface area contributed by atoms with Crippen molar-refractivity contribution in [3.8, 4) is 33.7 Å². The summed E-state index contributed by atoms with van der Waals surface area (Å²) >= 11 is 0. The van der Waals surface area contributed by atoms with Crippen LogP contribution in [0.2, 0.25) is 0 Å². The quantitative estimate of drug-likeness (QED) is 0.164. The lowest BCUT2D eigenvalue weighted by atomic mass is 9.92. The molecule has 9 aromatic carbocycles. The van der Waals surface area contributed by atoms with Crippen LogP contribution in [0, 0.1) is 6.92 Å². The highest BCUT2D eigenvalue weighted by Crippen LogP contribution is 2.43. The average molecular weight is 679 g/mol. The maximum absolute atomic E-state index is 6.41. The smallest absolute Gasteiger partial charge is 0.227 e. The molecule has 53 heavy (non-hydrogen) atoms. The van der Waals surface area contributed by atoms with Gasteiger partial charge in [-0.15, -0.1) is 0 Å². The zero-order valence-corrected chi connectivity index (χ0v) is 29.2. The molecule has 10 rings (SSSR count). The lowest BCUT2D eigenvalue weighted by Gasteiger charge is -2.26. The van der Waals surface area contributed by atoms with Gasteiger partial charge in [-0.25, -0.2) is 4.98 Å². The lowest BCUT2D eigenvalue weighted by Crippen LogP contribution is -2.10. The van der Waals surface area contributed by atoms with Crippen molar-refractivity contribution in [1.29, 1.82) is 0 Å². The van der Waals surface area contributed by atoms with Gasteiger partial charge in [-0.05, 0) is 117 Å². The number of hydrogen-bond donors (Lipinski definition) is 0. The van der Waals surface area contributed by atoms with Gasteiger partial charge in [0.05, 0.1) is 0 Å². The minimum absolute atomic E-state index is 0.622. The summed E-state index contributed by atoms with van der Waals surface area (Å²) in [5.74, 6) is 0.622. The van der Waals surface area contributed by atoms with E-state index in [0.29, 0.717) is 5.89 Å². The molecule has 0 aliphatic rings. The highest BCUT2D eigenvalue weighted by Gasteiger charge is 2.19. The summed E-state index contributed by atoms with van der Waals surface area (Å²) in [5, 5.41) is 6.99. The Balaban J connectivity index is 1.20. The Morgan fingerprint density at radius 2 is 1.08 bits per heavy atom. The fourth-order valence-electron chi connectivity index (χ4n) is 7.73. The Labute approximate surface area is 308 Å². The van der Waals surface area contributed by atoms with Crippen molar-refractivity contribution < 1.29 is 4.42 Å². The fourth-order valence-corrected chi connectivity index (χ4v) is 7.73. The molecule has 1 heterocycles. The standard InChI is InChI=1S/C50H34N2O/c1-33-19-24-39(25-20-33)52(40-26-21-36(22-27-40)43-18-10-16-34-13-8-9-17-42(34)43)41-28-29-44-45(35-11-4-2-5-12-35)31-38-23-30-47-49(48(38)46(44)32-41)51-50(53-47)37-14-6-3-7-15-37/h2-32H,1H3. The molecule has 3 nitrogen and oxygen atoms in total. The maximum atomic E-state index is 6.41. The van der Waals surface area contributed by atoms with Crippen LogP contribution in [0.25, 0.3) is 77.1 Å². The fraction of sp³-hybridized carbons (Fsp3) is 0.0200. The highest BCUT2D eigenvalue weighted by atomic mass is 16.3. The first-order valence-electron chi connectivity index (χ1n) is 18.0. The molecule has 10 aromatic rings. The molecule has 0 saturated heterocycles. The summed E-state index contributed by atoms with van der Waals surface area (Å²) in [4.78, 5) is 7.50. The summed E-state index contributed by atoms with van der Waals surface area (Å²) in [7, 11) is 0. The number of oxazole rings is 1. The minimum Gasteiger partial charge on any atom is -0.436 e. The van der Waals surface area contributed by atoms with Crippen LogP contribution in [0.3, 0.4) is 0 Å². The molecular formula is C50H34N2O. The van der Waals surface area contributed by atoms with E-state index in [4.69, 9.17) is 9.40 Å². The number of fused-ring (bicyclic) bond motifs is 6. The Morgan fingerprint density at radius 1 is 0.434 bits per heavy atom. The molecule has 0 bridgehead atoms. The van der Waals surface area contributed by atoms with E-state index in [2.05, 4.69) is 170 Å². The predicted octanol–water partition coefficient (Wildman–Crippen LogP) is 14.1. The zero-order valence-electron chi connectivity index (χ0n) is 29.2. The van der Waals surface area contributed by atoms with Crippen LogP contribution < -0.4 is 4.90 Å². The first-order valence-corrected chi connectivity index (χ1v) is 18.0. The molecule has 250 valence electrons. The second kappa shape index (κ2) is 12.7. The lowest BCUT2D eigenvalue weighted by molar-refractivity contribution is 0.620. The summed E-state index contributed by atoms with van der Waals surface area (Å²) in [5.41, 5.74) is 11.8. The van der Waals surface area contributed by atoms with Gasteiger partial charge in [0.1, 0.15) is 5.52 Å². The van der Waals surface area contributed by atoms with E-state index in [1.807, 2.05) is 30.3 Å². The number of benzene rings is 9. The third kappa shape index (κ3) is 5.42. The molecule has 0 unspecified atom stereocenters. The van der Waals surface area contributed by atoms with Crippen LogP contribution in [0.1, 0.15) is 5.56 Å². The van der Waals surface area contributed by atoms with Gasteiger partial charge >= 0.3 is 0 Å². The second-order valence-corrected chi connectivity index (χ2v) is 13.7. The summed E-state index contributed by atoms with van der Waals surface area (Å²) < 4.78 is 6.41. The number of rotatable bonds is 6. The molecule has 0 saturated carbocycles. The molecule has 0 amide bonds. The Bertz CT molecular complexity index is 2920. The van der Waals surface area contributed by atoms with Crippen LogP contribution >= 0.6 is 0 Å². The molecule has 0 radical (unpaired) electrons. The third-order valence-corrected chi connectivity index (χ3v) is 10.3. The largest absolute Gasteiger partial charge is 0.436 e. The molecule has 1 aromatic heterocycles. The number of anilines is 3. The third-order valence-electron chi connectivity index (χ3n) is 10.3. The van der Waals surface area contributed by atoms with Crippen molar-refractivity contribution >= 4 is 60.5 Å². The van der Waals surface area contributed by atoms with Crippen LogP contribution in [0.15, 0.2) is 192 Å². The van der Waals surface area contributed by atoms with Crippen molar-refractivity contribution in [3.05, 3.63) is 194 Å². The Hall–Kier alpha value is -6.97. The van der Waals surface area contributed by atoms with Crippen molar-refractivity contribution in [2.24, 2.45) is 0 Å². The molecule has 0 N–H and O–H groups in total. The van der Waals surface area contributed by atoms with Crippen LogP contribution in [-0.2, 0) is 0 Å². The SMILES string of the molecule is Cc1ccc(N(c2ccc(-c3cccc4ccccc34)cc2)c2ccc3c(-c4ccccc4)cc4ccc5oc(-c6ccccc6)nc5c4c3c2)cc1. The van der Waals surface area contributed by atoms with Crippen LogP contribution in [0.5, 0.6) is 0 Å². The van der Waals surface area contributed by atoms with Crippen LogP contribution in [0.4, 0.5) is 17.1 Å². The Morgan fingerprint density at radius 3 is 1.85 bits per heavy atom. The van der Waals surface area contributed by atoms with E-state index in [1.54, 1.807) is 0 Å². The van der Waals surface area contributed by atoms with E-state index in [9.17, 15) is 0 Å². The molecule has 3 heteroatoms. The van der Waals surface area contributed by atoms with Crippen molar-refractivity contribution in [3.63, 3.8) is 0 Å². The van der Waals surface area contributed by atoms with Gasteiger partial charge in [0.25, 0.3) is 0 Å². The summed E-state index contributed by atoms with van der Waals surface area (Å²) in [6, 6.07) is 67.0. The second-order valence-electron chi connectivity index (χ2n) is 13.7. The summed E-state index contributed by atoms with van der Waals surface area (Å²) in [6.07, 6.45) is 0. The average Bonchev–Trinajstić information content (AvgIpc) is 3.67. The van der Waals surface area contributed by atoms with Gasteiger partial charge in [0.2, 0.25) is 5.89 Å².